The van der Waals surface area contributed by atoms with Gasteiger partial charge in [-0.3, -0.25) is 0 Å². The van der Waals surface area contributed by atoms with E-state index in [1.807, 2.05) is 36.4 Å². The summed E-state index contributed by atoms with van der Waals surface area (Å²) >= 11 is 0. The van der Waals surface area contributed by atoms with Gasteiger partial charge in [0, 0.05) is 18.3 Å². The highest BCUT2D eigenvalue weighted by molar-refractivity contribution is 5.72. The maximum absolute atomic E-state index is 5.89. The lowest BCUT2D eigenvalue weighted by atomic mass is 10.2. The lowest BCUT2D eigenvalue weighted by molar-refractivity contribution is 0.322. The Labute approximate surface area is 118 Å². The van der Waals surface area contributed by atoms with E-state index in [9.17, 15) is 0 Å². The average Bonchev–Trinajstić information content (AvgIpc) is 2.70. The third-order valence-corrected chi connectivity index (χ3v) is 3.47. The molecule has 1 aliphatic heterocycles. The molecule has 1 heterocycles. The first-order chi connectivity index (χ1) is 9.79. The topological polar surface area (TPSA) is 47.7 Å². The molecule has 0 saturated heterocycles. The van der Waals surface area contributed by atoms with E-state index in [2.05, 4.69) is 11.0 Å². The van der Waals surface area contributed by atoms with Crippen LogP contribution in [0.15, 0.2) is 42.5 Å². The fraction of sp³-hybridized carbons (Fsp3) is 0.250. The summed E-state index contributed by atoms with van der Waals surface area (Å²) in [5, 5.41) is 0. The lowest BCUT2D eigenvalue weighted by Gasteiger charge is -2.24. The van der Waals surface area contributed by atoms with E-state index < -0.39 is 0 Å². The summed E-state index contributed by atoms with van der Waals surface area (Å²) in [6, 6.07) is 14.0. The summed E-state index contributed by atoms with van der Waals surface area (Å²) in [6.45, 7) is 1.64. The lowest BCUT2D eigenvalue weighted by Crippen LogP contribution is -2.17. The Bertz CT molecular complexity index is 613. The fourth-order valence-electron chi connectivity index (χ4n) is 2.46. The molecule has 0 aromatic heterocycles. The van der Waals surface area contributed by atoms with Crippen LogP contribution < -0.4 is 20.1 Å². The second-order valence-corrected chi connectivity index (χ2v) is 4.75. The van der Waals surface area contributed by atoms with Gasteiger partial charge >= 0.3 is 0 Å². The molecule has 0 fully saturated rings. The third-order valence-electron chi connectivity index (χ3n) is 3.47. The number of nitrogens with two attached hydrogens (primary N) is 1. The number of ether oxygens (including phenoxy) is 2. The molecule has 20 heavy (non-hydrogen) atoms. The number of para-hydroxylation sites is 2. The largest absolute Gasteiger partial charge is 0.495 e. The highest BCUT2D eigenvalue weighted by atomic mass is 16.5. The van der Waals surface area contributed by atoms with E-state index in [-0.39, 0.29) is 0 Å². The number of rotatable bonds is 2. The molecule has 4 nitrogen and oxygen atoms in total. The summed E-state index contributed by atoms with van der Waals surface area (Å²) in [6.07, 6.45) is 0.974. The SMILES string of the molecule is COc1cc(N2CCCOc3ccccc32)ccc1N. The molecule has 4 heteroatoms. The number of hydrogen-bond donors (Lipinski definition) is 1. The predicted molar refractivity (Wildman–Crippen MR) is 81.0 cm³/mol. The van der Waals surface area contributed by atoms with Crippen LogP contribution in [-0.2, 0) is 0 Å². The highest BCUT2D eigenvalue weighted by Gasteiger charge is 2.18. The van der Waals surface area contributed by atoms with Crippen LogP contribution >= 0.6 is 0 Å². The van der Waals surface area contributed by atoms with E-state index in [0.29, 0.717) is 11.4 Å². The van der Waals surface area contributed by atoms with E-state index >= 15 is 0 Å². The maximum atomic E-state index is 5.89. The van der Waals surface area contributed by atoms with Crippen LogP contribution in [0.25, 0.3) is 0 Å². The minimum atomic E-state index is 0.649. The molecule has 0 spiro atoms. The van der Waals surface area contributed by atoms with Crippen LogP contribution in [0, 0.1) is 0 Å². The molecule has 2 N–H and O–H groups in total. The number of benzene rings is 2. The molecule has 2 aromatic carbocycles. The third kappa shape index (κ3) is 2.25. The summed E-state index contributed by atoms with van der Waals surface area (Å²) in [7, 11) is 1.63. The van der Waals surface area contributed by atoms with Crippen LogP contribution in [0.2, 0.25) is 0 Å². The van der Waals surface area contributed by atoms with E-state index in [1.54, 1.807) is 7.11 Å². The maximum Gasteiger partial charge on any atom is 0.143 e. The van der Waals surface area contributed by atoms with Gasteiger partial charge in [0.1, 0.15) is 11.5 Å². The van der Waals surface area contributed by atoms with Gasteiger partial charge in [0.15, 0.2) is 0 Å². The van der Waals surface area contributed by atoms with Gasteiger partial charge in [-0.25, -0.2) is 0 Å². The molecular formula is C16H18N2O2. The van der Waals surface area contributed by atoms with Crippen molar-refractivity contribution in [2.24, 2.45) is 0 Å². The van der Waals surface area contributed by atoms with Gasteiger partial charge in [-0.05, 0) is 30.7 Å². The van der Waals surface area contributed by atoms with Crippen molar-refractivity contribution >= 4 is 17.1 Å². The molecule has 2 aromatic rings. The smallest absolute Gasteiger partial charge is 0.143 e. The summed E-state index contributed by atoms with van der Waals surface area (Å²) in [5.74, 6) is 1.62. The molecule has 0 unspecified atom stereocenters. The quantitative estimate of drug-likeness (QED) is 0.851. The van der Waals surface area contributed by atoms with Gasteiger partial charge in [0.2, 0.25) is 0 Å². The minimum Gasteiger partial charge on any atom is -0.495 e. The van der Waals surface area contributed by atoms with Gasteiger partial charge in [-0.2, -0.15) is 0 Å². The van der Waals surface area contributed by atoms with Crippen LogP contribution in [0.4, 0.5) is 17.1 Å². The molecule has 104 valence electrons. The second-order valence-electron chi connectivity index (χ2n) is 4.75. The molecule has 0 radical (unpaired) electrons. The zero-order valence-corrected chi connectivity index (χ0v) is 11.5. The number of anilines is 3. The van der Waals surface area contributed by atoms with Crippen molar-refractivity contribution in [2.45, 2.75) is 6.42 Å². The number of methoxy groups -OCH3 is 1. The van der Waals surface area contributed by atoms with Crippen LogP contribution in [0.1, 0.15) is 6.42 Å². The van der Waals surface area contributed by atoms with E-state index in [1.165, 1.54) is 0 Å². The number of hydrogen-bond acceptors (Lipinski definition) is 4. The Hall–Kier alpha value is -2.36. The highest BCUT2D eigenvalue weighted by Crippen LogP contribution is 2.37. The molecule has 0 aliphatic carbocycles. The average molecular weight is 270 g/mol. The van der Waals surface area contributed by atoms with Crippen LogP contribution in [0.3, 0.4) is 0 Å². The standard InChI is InChI=1S/C16H18N2O2/c1-19-16-11-12(7-8-13(16)17)18-9-4-10-20-15-6-3-2-5-14(15)18/h2-3,5-8,11H,4,9-10,17H2,1H3. The van der Waals surface area contributed by atoms with Crippen molar-refractivity contribution in [1.29, 1.82) is 0 Å². The molecule has 1 aliphatic rings. The van der Waals surface area contributed by atoms with Crippen molar-refractivity contribution < 1.29 is 9.47 Å². The normalized spacial score (nSPS) is 14.2. The Kier molecular flexibility index (Phi) is 3.37. The van der Waals surface area contributed by atoms with Gasteiger partial charge in [-0.1, -0.05) is 12.1 Å². The monoisotopic (exact) mass is 270 g/mol. The zero-order valence-electron chi connectivity index (χ0n) is 11.5. The summed E-state index contributed by atoms with van der Waals surface area (Å²) < 4.78 is 11.1. The Morgan fingerprint density at radius 2 is 2.05 bits per heavy atom. The molecule has 0 amide bonds. The zero-order chi connectivity index (χ0) is 13.9. The number of nitrogens with zero attached hydrogens (tertiary/aromatic N) is 1. The van der Waals surface area contributed by atoms with Crippen LogP contribution in [0.5, 0.6) is 11.5 Å². The molecule has 3 rings (SSSR count). The second kappa shape index (κ2) is 5.33. The number of nitrogen functional groups attached to an aromatic ring is 1. The van der Waals surface area contributed by atoms with Gasteiger partial charge in [-0.15, -0.1) is 0 Å². The first-order valence-electron chi connectivity index (χ1n) is 6.72. The summed E-state index contributed by atoms with van der Waals surface area (Å²) in [4.78, 5) is 2.24. The molecule has 0 bridgehead atoms. The minimum absolute atomic E-state index is 0.649. The first kappa shape index (κ1) is 12.7. The van der Waals surface area contributed by atoms with Gasteiger partial charge in [0.25, 0.3) is 0 Å². The van der Waals surface area contributed by atoms with Crippen molar-refractivity contribution in [3.63, 3.8) is 0 Å². The van der Waals surface area contributed by atoms with Gasteiger partial charge < -0.3 is 20.1 Å². The van der Waals surface area contributed by atoms with Crippen molar-refractivity contribution in [3.8, 4) is 11.5 Å². The predicted octanol–water partition coefficient (Wildman–Crippen LogP) is 3.20. The van der Waals surface area contributed by atoms with Crippen molar-refractivity contribution in [2.75, 3.05) is 30.9 Å². The molecule has 0 atom stereocenters. The Balaban J connectivity index is 2.05. The molecular weight excluding hydrogens is 252 g/mol. The van der Waals surface area contributed by atoms with E-state index in [4.69, 9.17) is 15.2 Å². The number of fused-ring (bicyclic) bond motifs is 1. The summed E-state index contributed by atoms with van der Waals surface area (Å²) in [5.41, 5.74) is 8.68. The first-order valence-corrected chi connectivity index (χ1v) is 6.72. The van der Waals surface area contributed by atoms with Crippen LogP contribution in [-0.4, -0.2) is 20.3 Å². The molecule has 0 saturated carbocycles. The Morgan fingerprint density at radius 3 is 2.90 bits per heavy atom. The van der Waals surface area contributed by atoms with Gasteiger partial charge in [0.05, 0.1) is 25.1 Å². The van der Waals surface area contributed by atoms with Crippen molar-refractivity contribution in [1.82, 2.24) is 0 Å². The van der Waals surface area contributed by atoms with E-state index in [0.717, 1.165) is 36.7 Å². The Morgan fingerprint density at radius 1 is 1.20 bits per heavy atom. The van der Waals surface area contributed by atoms with Crippen molar-refractivity contribution in [3.05, 3.63) is 42.5 Å². The fourth-order valence-corrected chi connectivity index (χ4v) is 2.46.